The van der Waals surface area contributed by atoms with E-state index in [1.165, 1.54) is 0 Å². The van der Waals surface area contributed by atoms with Crippen LogP contribution in [0.5, 0.6) is 0 Å². The van der Waals surface area contributed by atoms with Crippen LogP contribution in [0.4, 0.5) is 4.79 Å². The Labute approximate surface area is 289 Å². The number of benzene rings is 2. The summed E-state index contributed by atoms with van der Waals surface area (Å²) < 4.78 is 13.0. The molecule has 2 aromatic carbocycles. The summed E-state index contributed by atoms with van der Waals surface area (Å²) in [5, 5.41) is 34.1. The predicted octanol–water partition coefficient (Wildman–Crippen LogP) is 5.75. The van der Waals surface area contributed by atoms with E-state index in [1.807, 2.05) is 66.9 Å². The van der Waals surface area contributed by atoms with Crippen molar-refractivity contribution in [2.24, 2.45) is 5.92 Å². The van der Waals surface area contributed by atoms with Gasteiger partial charge in [0.25, 0.3) is 0 Å². The van der Waals surface area contributed by atoms with Gasteiger partial charge in [0, 0.05) is 24.9 Å². The summed E-state index contributed by atoms with van der Waals surface area (Å²) in [6, 6.07) is 15.6. The molecule has 0 fully saturated rings. The van der Waals surface area contributed by atoms with E-state index in [0.29, 0.717) is 30.9 Å². The van der Waals surface area contributed by atoms with Crippen molar-refractivity contribution in [1.82, 2.24) is 40.9 Å². The lowest BCUT2D eigenvalue weighted by atomic mass is 9.98. The van der Waals surface area contributed by atoms with Crippen molar-refractivity contribution >= 4 is 23.7 Å². The van der Waals surface area contributed by atoms with Gasteiger partial charge in [0.2, 0.25) is 0 Å². The van der Waals surface area contributed by atoms with Gasteiger partial charge in [0.15, 0.2) is 11.0 Å². The number of H-pyrrole nitrogens is 1. The number of unbranched alkanes of at least 4 members (excludes halogenated alkanes) is 1. The molecule has 0 aliphatic heterocycles. The zero-order chi connectivity index (χ0) is 35.2. The highest BCUT2D eigenvalue weighted by Crippen LogP contribution is 2.30. The minimum absolute atomic E-state index is 0.00589. The van der Waals surface area contributed by atoms with Crippen molar-refractivity contribution in [3.05, 3.63) is 70.8 Å². The molecule has 15 nitrogen and oxygen atoms in total. The third-order valence-corrected chi connectivity index (χ3v) is 7.89. The van der Waals surface area contributed by atoms with Crippen molar-refractivity contribution in [2.75, 3.05) is 13.2 Å². The third kappa shape index (κ3) is 11.6. The molecule has 0 saturated carbocycles. The molecule has 0 unspecified atom stereocenters. The second-order valence-electron chi connectivity index (χ2n) is 11.9. The van der Waals surface area contributed by atoms with E-state index < -0.39 is 23.5 Å². The second kappa shape index (κ2) is 19.0. The van der Waals surface area contributed by atoms with Crippen molar-refractivity contribution in [1.29, 1.82) is 0 Å². The van der Waals surface area contributed by atoms with Crippen molar-refractivity contribution in [2.45, 2.75) is 78.5 Å². The van der Waals surface area contributed by atoms with Gasteiger partial charge in [-0.1, -0.05) is 87.3 Å². The molecule has 1 amide bonds. The molecule has 0 aliphatic carbocycles. The predicted molar refractivity (Wildman–Crippen MR) is 178 cm³/mol. The zero-order valence-electron chi connectivity index (χ0n) is 27.8. The Hall–Kier alpha value is -4.41. The fourth-order valence-electron chi connectivity index (χ4n) is 5.25. The fourth-order valence-corrected chi connectivity index (χ4v) is 5.50. The number of tetrazole rings is 1. The monoisotopic (exact) mass is 698 g/mol. The number of imidazole rings is 1. The van der Waals surface area contributed by atoms with Crippen LogP contribution in [0.25, 0.3) is 22.5 Å². The first-order chi connectivity index (χ1) is 23.6. The molecular weight excluding hydrogens is 656 g/mol. The van der Waals surface area contributed by atoms with Crippen LogP contribution < -0.4 is 5.32 Å². The molecule has 4 aromatic rings. The molecule has 16 heteroatoms. The Morgan fingerprint density at radius 3 is 2.49 bits per heavy atom. The molecule has 0 saturated heterocycles. The first-order valence-corrected chi connectivity index (χ1v) is 16.6. The summed E-state index contributed by atoms with van der Waals surface area (Å²) >= 11 is 6.62. The van der Waals surface area contributed by atoms with Crippen molar-refractivity contribution < 1.29 is 34.3 Å². The van der Waals surface area contributed by atoms with E-state index in [4.69, 9.17) is 31.5 Å². The van der Waals surface area contributed by atoms with Crippen LogP contribution in [0.15, 0.2) is 48.5 Å². The van der Waals surface area contributed by atoms with E-state index in [2.05, 4.69) is 42.7 Å². The number of aryl methyl sites for hydroxylation is 1. The number of carbonyl (C=O) groups excluding carboxylic acids is 2. The molecule has 264 valence electrons. The first kappa shape index (κ1) is 37.4. The summed E-state index contributed by atoms with van der Waals surface area (Å²) in [5.74, 6) is 1.09. The maximum atomic E-state index is 12.9. The molecule has 0 spiro atoms. The summed E-state index contributed by atoms with van der Waals surface area (Å²) in [6.45, 7) is 6.32. The number of hydrogen-bond donors (Lipinski definition) is 4. The normalized spacial score (nSPS) is 12.0. The van der Waals surface area contributed by atoms with Crippen LogP contribution >= 0.6 is 11.6 Å². The second-order valence-corrected chi connectivity index (χ2v) is 12.2. The average molecular weight is 699 g/mol. The molecule has 2 aromatic heterocycles. The highest BCUT2D eigenvalue weighted by atomic mass is 35.5. The number of aromatic nitrogens is 6. The van der Waals surface area contributed by atoms with Crippen molar-refractivity contribution in [3.63, 3.8) is 0 Å². The van der Waals surface area contributed by atoms with Crippen LogP contribution in [0.1, 0.15) is 70.0 Å². The number of amides is 1. The van der Waals surface area contributed by atoms with Gasteiger partial charge in [-0.05, 0) is 52.3 Å². The fraction of sp³-hybridized carbons (Fsp3) is 0.455. The van der Waals surface area contributed by atoms with Crippen LogP contribution in [-0.2, 0) is 38.7 Å². The van der Waals surface area contributed by atoms with E-state index in [0.717, 1.165) is 40.9 Å². The van der Waals surface area contributed by atoms with Gasteiger partial charge in [0.05, 0.1) is 23.7 Å². The Bertz CT molecular complexity index is 1610. The van der Waals surface area contributed by atoms with Gasteiger partial charge >= 0.3 is 12.1 Å². The number of esters is 1. The van der Waals surface area contributed by atoms with Gasteiger partial charge in [-0.3, -0.25) is 20.0 Å². The number of halogens is 1. The Morgan fingerprint density at radius 2 is 1.82 bits per heavy atom. The van der Waals surface area contributed by atoms with Crippen LogP contribution in [-0.4, -0.2) is 77.3 Å². The van der Waals surface area contributed by atoms with Crippen molar-refractivity contribution in [3.8, 4) is 22.5 Å². The van der Waals surface area contributed by atoms with E-state index in [9.17, 15) is 9.59 Å². The van der Waals surface area contributed by atoms with Crippen LogP contribution in [0, 0.1) is 5.92 Å². The highest BCUT2D eigenvalue weighted by molar-refractivity contribution is 6.30. The lowest BCUT2D eigenvalue weighted by molar-refractivity contribution is -0.492. The van der Waals surface area contributed by atoms with Gasteiger partial charge < -0.3 is 19.4 Å². The smallest absolute Gasteiger partial charge is 0.407 e. The van der Waals surface area contributed by atoms with Gasteiger partial charge in [-0.2, -0.15) is 0 Å². The number of hydrogen-bond acceptors (Lipinski definition) is 12. The molecule has 0 aliphatic rings. The molecule has 0 bridgehead atoms. The SMILES string of the molecule is CCCCc1nc(Cl)c(COC(=O)N[C@H](COC(=O)CCCON(O)O)CC(C)C)n1Cc1ccc(-c2ccccc2-c2nnn[nH]2)cc1. The number of carbonyl (C=O) groups is 2. The molecular formula is C33H43ClN8O7. The minimum Gasteiger partial charge on any atom is -0.463 e. The third-order valence-electron chi connectivity index (χ3n) is 7.59. The molecule has 2 heterocycles. The summed E-state index contributed by atoms with van der Waals surface area (Å²) in [6.07, 6.45) is 2.71. The molecule has 4 N–H and O–H groups in total. The van der Waals surface area contributed by atoms with E-state index in [1.54, 1.807) is 0 Å². The average Bonchev–Trinajstić information content (AvgIpc) is 3.72. The van der Waals surface area contributed by atoms with E-state index in [-0.39, 0.29) is 43.7 Å². The summed E-state index contributed by atoms with van der Waals surface area (Å²) in [7, 11) is 0. The number of aromatic amines is 1. The number of alkyl carbamates (subject to hydrolysis) is 1. The van der Waals surface area contributed by atoms with Gasteiger partial charge in [-0.15, -0.1) is 5.10 Å². The highest BCUT2D eigenvalue weighted by Gasteiger charge is 2.21. The zero-order valence-corrected chi connectivity index (χ0v) is 28.6. The molecule has 4 rings (SSSR count). The lowest BCUT2D eigenvalue weighted by Gasteiger charge is -2.20. The standard InChI is InChI=1S/C33H43ClN8O7/c1-4-5-11-29-36-31(34)28(21-48-33(44)35-25(18-22(2)3)20-47-30(43)12-8-17-49-42(45)46)41(29)19-23-13-15-24(16-14-23)26-9-6-7-10-27(26)32-37-39-40-38-32/h6-7,9-10,13-16,22,25,45-46H,4-5,8,11-12,17-21H2,1-3H3,(H,35,44)(H,37,38,39,40)/t25-/m0/s1. The first-order valence-electron chi connectivity index (χ1n) is 16.2. The van der Waals surface area contributed by atoms with Gasteiger partial charge in [-0.25, -0.2) is 14.9 Å². The quantitative estimate of drug-likeness (QED) is 0.0528. The van der Waals surface area contributed by atoms with Gasteiger partial charge in [0.1, 0.15) is 19.0 Å². The van der Waals surface area contributed by atoms with E-state index >= 15 is 0 Å². The summed E-state index contributed by atoms with van der Waals surface area (Å²) in [5.41, 5.74) is 4.46. The Balaban J connectivity index is 1.42. The molecule has 1 atom stereocenters. The topological polar surface area (TPSA) is 190 Å². The summed E-state index contributed by atoms with van der Waals surface area (Å²) in [4.78, 5) is 34.1. The largest absolute Gasteiger partial charge is 0.463 e. The maximum Gasteiger partial charge on any atom is 0.407 e. The number of ether oxygens (including phenoxy) is 2. The number of nitrogens with zero attached hydrogens (tertiary/aromatic N) is 6. The Morgan fingerprint density at radius 1 is 1.06 bits per heavy atom. The molecule has 0 radical (unpaired) electrons. The minimum atomic E-state index is -0.676. The number of rotatable bonds is 19. The number of nitrogens with one attached hydrogen (secondary N) is 2. The molecule has 49 heavy (non-hydrogen) atoms. The maximum absolute atomic E-state index is 12.9. The Kier molecular flexibility index (Phi) is 14.5. The van der Waals surface area contributed by atoms with Crippen LogP contribution in [0.2, 0.25) is 5.15 Å². The lowest BCUT2D eigenvalue weighted by Crippen LogP contribution is -2.40. The van der Waals surface area contributed by atoms with Crippen LogP contribution in [0.3, 0.4) is 0 Å².